The van der Waals surface area contributed by atoms with Crippen molar-refractivity contribution < 1.29 is 9.53 Å². The van der Waals surface area contributed by atoms with Gasteiger partial charge in [0.05, 0.1) is 18.5 Å². The van der Waals surface area contributed by atoms with Crippen molar-refractivity contribution in [3.63, 3.8) is 0 Å². The third-order valence-electron chi connectivity index (χ3n) is 4.95. The molecule has 4 rings (SSSR count). The summed E-state index contributed by atoms with van der Waals surface area (Å²) >= 11 is 3.08. The van der Waals surface area contributed by atoms with Crippen LogP contribution >= 0.6 is 23.1 Å². The number of rotatable bonds is 7. The van der Waals surface area contributed by atoms with Crippen molar-refractivity contribution in [3.05, 3.63) is 77.1 Å². The average Bonchev–Trinajstić information content (AvgIpc) is 3.43. The van der Waals surface area contributed by atoms with Crippen molar-refractivity contribution >= 4 is 39.8 Å². The SMILES string of the molecule is COc1ccc(-n2ccnc2SCc2csc(N(C(C)=O)c3ccc(C)cc3C)n2)cc1. The van der Waals surface area contributed by atoms with Gasteiger partial charge in [0.1, 0.15) is 5.75 Å². The van der Waals surface area contributed by atoms with Crippen LogP contribution < -0.4 is 9.64 Å². The predicted octanol–water partition coefficient (Wildman–Crippen LogP) is 5.93. The van der Waals surface area contributed by atoms with E-state index in [4.69, 9.17) is 9.72 Å². The van der Waals surface area contributed by atoms with E-state index >= 15 is 0 Å². The molecule has 0 aliphatic heterocycles. The maximum Gasteiger partial charge on any atom is 0.230 e. The number of carbonyl (C=O) groups is 1. The van der Waals surface area contributed by atoms with E-state index in [1.54, 1.807) is 36.9 Å². The second-order valence-electron chi connectivity index (χ2n) is 7.33. The molecule has 0 saturated carbocycles. The molecule has 32 heavy (non-hydrogen) atoms. The van der Waals surface area contributed by atoms with Gasteiger partial charge in [-0.3, -0.25) is 14.3 Å². The number of benzene rings is 2. The highest BCUT2D eigenvalue weighted by atomic mass is 32.2. The van der Waals surface area contributed by atoms with E-state index in [0.29, 0.717) is 10.9 Å². The number of imidazole rings is 1. The van der Waals surface area contributed by atoms with Gasteiger partial charge in [-0.05, 0) is 49.7 Å². The number of carbonyl (C=O) groups excluding carboxylic acids is 1. The van der Waals surface area contributed by atoms with Crippen LogP contribution in [0.1, 0.15) is 23.7 Å². The van der Waals surface area contributed by atoms with E-state index in [1.807, 2.05) is 66.4 Å². The number of methoxy groups -OCH3 is 1. The highest BCUT2D eigenvalue weighted by Crippen LogP contribution is 2.33. The average molecular weight is 465 g/mol. The molecule has 0 bridgehead atoms. The van der Waals surface area contributed by atoms with Gasteiger partial charge >= 0.3 is 0 Å². The molecular weight excluding hydrogens is 440 g/mol. The Morgan fingerprint density at radius 1 is 1.19 bits per heavy atom. The molecule has 0 atom stereocenters. The van der Waals surface area contributed by atoms with Crippen LogP contribution in [0.15, 0.2) is 65.4 Å². The van der Waals surface area contributed by atoms with Crippen LogP contribution in [0.3, 0.4) is 0 Å². The molecule has 0 aliphatic rings. The molecule has 164 valence electrons. The van der Waals surface area contributed by atoms with Gasteiger partial charge in [-0.2, -0.15) is 0 Å². The molecule has 0 aliphatic carbocycles. The Balaban J connectivity index is 1.51. The molecule has 0 unspecified atom stereocenters. The zero-order valence-electron chi connectivity index (χ0n) is 18.4. The van der Waals surface area contributed by atoms with E-state index in [1.165, 1.54) is 16.9 Å². The number of thioether (sulfide) groups is 1. The summed E-state index contributed by atoms with van der Waals surface area (Å²) in [5, 5.41) is 3.56. The van der Waals surface area contributed by atoms with E-state index in [0.717, 1.165) is 33.5 Å². The van der Waals surface area contributed by atoms with Crippen LogP contribution in [0, 0.1) is 13.8 Å². The largest absolute Gasteiger partial charge is 0.497 e. The van der Waals surface area contributed by atoms with E-state index in [-0.39, 0.29) is 5.91 Å². The van der Waals surface area contributed by atoms with Gasteiger partial charge in [0.15, 0.2) is 10.3 Å². The third-order valence-corrected chi connectivity index (χ3v) is 6.82. The second kappa shape index (κ2) is 9.58. The van der Waals surface area contributed by atoms with E-state index in [9.17, 15) is 4.79 Å². The molecule has 0 saturated heterocycles. The Labute approximate surface area is 195 Å². The minimum Gasteiger partial charge on any atom is -0.497 e. The van der Waals surface area contributed by atoms with Crippen LogP contribution in [-0.4, -0.2) is 27.6 Å². The first-order valence-corrected chi connectivity index (χ1v) is 12.0. The molecule has 2 heterocycles. The van der Waals surface area contributed by atoms with Crippen molar-refractivity contribution in [2.24, 2.45) is 0 Å². The second-order valence-corrected chi connectivity index (χ2v) is 9.11. The lowest BCUT2D eigenvalue weighted by atomic mass is 10.1. The summed E-state index contributed by atoms with van der Waals surface area (Å²) in [4.78, 5) is 23.4. The first-order chi connectivity index (χ1) is 15.5. The number of ether oxygens (including phenoxy) is 1. The summed E-state index contributed by atoms with van der Waals surface area (Å²) in [6, 6.07) is 13.9. The van der Waals surface area contributed by atoms with Crippen LogP contribution in [-0.2, 0) is 10.5 Å². The molecule has 6 nitrogen and oxygen atoms in total. The zero-order valence-corrected chi connectivity index (χ0v) is 20.0. The summed E-state index contributed by atoms with van der Waals surface area (Å²) < 4.78 is 7.28. The predicted molar refractivity (Wildman–Crippen MR) is 131 cm³/mol. The normalized spacial score (nSPS) is 10.9. The number of anilines is 2. The summed E-state index contributed by atoms with van der Waals surface area (Å²) in [7, 11) is 1.66. The minimum atomic E-state index is -0.0550. The first-order valence-electron chi connectivity index (χ1n) is 10.1. The Kier molecular flexibility index (Phi) is 6.62. The van der Waals surface area contributed by atoms with Gasteiger partial charge in [0.2, 0.25) is 5.91 Å². The lowest BCUT2D eigenvalue weighted by Gasteiger charge is -2.20. The lowest BCUT2D eigenvalue weighted by Crippen LogP contribution is -2.23. The number of thiazole rings is 1. The number of nitrogens with zero attached hydrogens (tertiary/aromatic N) is 4. The molecule has 2 aromatic carbocycles. The van der Waals surface area contributed by atoms with Crippen molar-refractivity contribution in [2.75, 3.05) is 12.0 Å². The van der Waals surface area contributed by atoms with Crippen LogP contribution in [0.25, 0.3) is 5.69 Å². The van der Waals surface area contributed by atoms with Gasteiger partial charge in [0, 0.05) is 36.1 Å². The molecule has 0 radical (unpaired) electrons. The molecule has 0 spiro atoms. The number of hydrogen-bond acceptors (Lipinski definition) is 6. The smallest absolute Gasteiger partial charge is 0.230 e. The van der Waals surface area contributed by atoms with Crippen LogP contribution in [0.5, 0.6) is 5.75 Å². The van der Waals surface area contributed by atoms with Gasteiger partial charge in [-0.1, -0.05) is 29.5 Å². The van der Waals surface area contributed by atoms with Gasteiger partial charge < -0.3 is 4.74 Å². The van der Waals surface area contributed by atoms with Crippen molar-refractivity contribution in [3.8, 4) is 11.4 Å². The maximum atomic E-state index is 12.4. The lowest BCUT2D eigenvalue weighted by molar-refractivity contribution is -0.115. The zero-order chi connectivity index (χ0) is 22.7. The molecule has 4 aromatic rings. The quantitative estimate of drug-likeness (QED) is 0.317. The molecule has 0 fully saturated rings. The van der Waals surface area contributed by atoms with Crippen LogP contribution in [0.4, 0.5) is 10.8 Å². The monoisotopic (exact) mass is 464 g/mol. The number of hydrogen-bond donors (Lipinski definition) is 0. The highest BCUT2D eigenvalue weighted by molar-refractivity contribution is 7.98. The molecule has 2 aromatic heterocycles. The van der Waals surface area contributed by atoms with Crippen molar-refractivity contribution in [2.45, 2.75) is 31.7 Å². The first kappa shape index (κ1) is 22.1. The van der Waals surface area contributed by atoms with Crippen molar-refractivity contribution in [1.82, 2.24) is 14.5 Å². The topological polar surface area (TPSA) is 60.2 Å². The fourth-order valence-corrected chi connectivity index (χ4v) is 5.25. The number of amides is 1. The Morgan fingerprint density at radius 3 is 2.66 bits per heavy atom. The Hall–Kier alpha value is -3.10. The van der Waals surface area contributed by atoms with E-state index in [2.05, 4.69) is 11.1 Å². The van der Waals surface area contributed by atoms with E-state index < -0.39 is 0 Å². The Morgan fingerprint density at radius 2 is 1.97 bits per heavy atom. The summed E-state index contributed by atoms with van der Waals surface area (Å²) in [6.45, 7) is 5.63. The minimum absolute atomic E-state index is 0.0550. The molecule has 1 amide bonds. The van der Waals surface area contributed by atoms with Crippen LogP contribution in [0.2, 0.25) is 0 Å². The highest BCUT2D eigenvalue weighted by Gasteiger charge is 2.20. The maximum absolute atomic E-state index is 12.4. The molecular formula is C24H24N4O2S2. The van der Waals surface area contributed by atoms with Gasteiger partial charge in [-0.25, -0.2) is 9.97 Å². The number of aryl methyl sites for hydroxylation is 2. The number of aromatic nitrogens is 3. The fourth-order valence-electron chi connectivity index (χ4n) is 3.40. The summed E-state index contributed by atoms with van der Waals surface area (Å²) in [5.41, 5.74) is 5.01. The summed E-state index contributed by atoms with van der Waals surface area (Å²) in [5.74, 6) is 1.42. The van der Waals surface area contributed by atoms with Gasteiger partial charge in [-0.15, -0.1) is 11.3 Å². The van der Waals surface area contributed by atoms with Gasteiger partial charge in [0.25, 0.3) is 0 Å². The van der Waals surface area contributed by atoms with Crippen molar-refractivity contribution in [1.29, 1.82) is 0 Å². The standard InChI is InChI=1S/C24H24N4O2S2/c1-16-5-10-22(17(2)13-16)28(18(3)29)24-26-19(15-32-24)14-31-23-25-11-12-27(23)20-6-8-21(30-4)9-7-20/h5-13,15H,14H2,1-4H3. The fraction of sp³-hybridized carbons (Fsp3) is 0.208. The third kappa shape index (κ3) is 4.71. The molecule has 0 N–H and O–H groups in total. The molecule has 8 heteroatoms. The Bertz CT molecular complexity index is 1230. The summed E-state index contributed by atoms with van der Waals surface area (Å²) in [6.07, 6.45) is 3.73.